The molecule has 4 bridgehead atoms. The Bertz CT molecular complexity index is 888. The minimum absolute atomic E-state index is 0.0599. The van der Waals surface area contributed by atoms with Crippen molar-refractivity contribution in [1.82, 2.24) is 9.97 Å². The first-order valence-corrected chi connectivity index (χ1v) is 8.84. The van der Waals surface area contributed by atoms with E-state index < -0.39 is 0 Å². The number of nitrogens with one attached hydrogen (secondary N) is 2. The largest absolute Gasteiger partial charge is 0.378 e. The average Bonchev–Trinajstić information content (AvgIpc) is 2.53. The van der Waals surface area contributed by atoms with Gasteiger partial charge in [-0.2, -0.15) is 5.26 Å². The standard InChI is InChI=1S/C19H20N4O/c20-9-15-17(14-1-2-21-10-16(14)22-18(15)24)23-19-6-11-3-12(7-19)5-13(4-11)8-19/h1-2,10-13H,3-8H2,(H2,22,23,24). The molecule has 2 N–H and O–H groups in total. The summed E-state index contributed by atoms with van der Waals surface area (Å²) in [5.41, 5.74) is 1.33. The predicted octanol–water partition coefficient (Wildman–Crippen LogP) is 3.18. The summed E-state index contributed by atoms with van der Waals surface area (Å²) in [4.78, 5) is 19.2. The second-order valence-corrected chi connectivity index (χ2v) is 8.06. The van der Waals surface area contributed by atoms with Crippen LogP contribution in [0.25, 0.3) is 10.9 Å². The van der Waals surface area contributed by atoms with E-state index in [1.165, 1.54) is 38.5 Å². The molecule has 2 aromatic heterocycles. The fraction of sp³-hybridized carbons (Fsp3) is 0.526. The fourth-order valence-electron chi connectivity index (χ4n) is 5.91. The van der Waals surface area contributed by atoms with Crippen molar-refractivity contribution in [2.24, 2.45) is 17.8 Å². The van der Waals surface area contributed by atoms with Crippen molar-refractivity contribution < 1.29 is 0 Å². The molecule has 4 aliphatic carbocycles. The minimum Gasteiger partial charge on any atom is -0.378 e. The molecule has 0 amide bonds. The Labute approximate surface area is 140 Å². The smallest absolute Gasteiger partial charge is 0.268 e. The minimum atomic E-state index is -0.328. The maximum absolute atomic E-state index is 12.3. The van der Waals surface area contributed by atoms with Gasteiger partial charge in [0.15, 0.2) is 0 Å². The van der Waals surface area contributed by atoms with Crippen LogP contribution in [-0.2, 0) is 0 Å². The summed E-state index contributed by atoms with van der Waals surface area (Å²) in [6, 6.07) is 4.00. The Morgan fingerprint density at radius 2 is 1.88 bits per heavy atom. The van der Waals surface area contributed by atoms with Crippen LogP contribution in [0.1, 0.15) is 44.1 Å². The van der Waals surface area contributed by atoms with Gasteiger partial charge in [0.05, 0.1) is 17.4 Å². The third kappa shape index (κ3) is 1.99. The number of anilines is 1. The van der Waals surface area contributed by atoms with Crippen molar-refractivity contribution in [3.05, 3.63) is 34.4 Å². The van der Waals surface area contributed by atoms with E-state index in [9.17, 15) is 10.1 Å². The third-order valence-corrected chi connectivity index (χ3v) is 6.36. The highest BCUT2D eigenvalue weighted by molar-refractivity contribution is 5.93. The van der Waals surface area contributed by atoms with E-state index >= 15 is 0 Å². The molecule has 2 aromatic rings. The molecule has 2 heterocycles. The molecule has 0 unspecified atom stereocenters. The third-order valence-electron chi connectivity index (χ3n) is 6.36. The first kappa shape index (κ1) is 14.0. The Morgan fingerprint density at radius 1 is 1.21 bits per heavy atom. The molecule has 5 heteroatoms. The summed E-state index contributed by atoms with van der Waals surface area (Å²) in [6.45, 7) is 0. The van der Waals surface area contributed by atoms with Crippen molar-refractivity contribution in [1.29, 1.82) is 5.26 Å². The maximum atomic E-state index is 12.3. The van der Waals surface area contributed by atoms with Gasteiger partial charge in [-0.05, 0) is 62.3 Å². The number of rotatable bonds is 2. The van der Waals surface area contributed by atoms with Gasteiger partial charge in [0.2, 0.25) is 0 Å². The molecule has 0 aliphatic heterocycles. The van der Waals surface area contributed by atoms with Crippen LogP contribution in [0.15, 0.2) is 23.3 Å². The van der Waals surface area contributed by atoms with Gasteiger partial charge in [0.25, 0.3) is 5.56 Å². The van der Waals surface area contributed by atoms with Crippen molar-refractivity contribution >= 4 is 16.6 Å². The van der Waals surface area contributed by atoms with Gasteiger partial charge < -0.3 is 10.3 Å². The van der Waals surface area contributed by atoms with Crippen molar-refractivity contribution in [3.8, 4) is 6.07 Å². The summed E-state index contributed by atoms with van der Waals surface area (Å²) >= 11 is 0. The lowest BCUT2D eigenvalue weighted by molar-refractivity contribution is 0.0107. The lowest BCUT2D eigenvalue weighted by Gasteiger charge is -2.57. The number of H-pyrrole nitrogens is 1. The van der Waals surface area contributed by atoms with E-state index in [2.05, 4.69) is 21.4 Å². The predicted molar refractivity (Wildman–Crippen MR) is 91.6 cm³/mol. The van der Waals surface area contributed by atoms with E-state index in [0.717, 1.165) is 23.1 Å². The van der Waals surface area contributed by atoms with Crippen LogP contribution in [0.4, 0.5) is 5.69 Å². The second kappa shape index (κ2) is 4.83. The van der Waals surface area contributed by atoms with Gasteiger partial charge in [-0.15, -0.1) is 0 Å². The molecule has 0 atom stereocenters. The van der Waals surface area contributed by atoms with E-state index in [0.29, 0.717) is 11.2 Å². The number of nitrogens with zero attached hydrogens (tertiary/aromatic N) is 2. The Kier molecular flexibility index (Phi) is 2.82. The zero-order chi connectivity index (χ0) is 16.3. The van der Waals surface area contributed by atoms with Crippen LogP contribution in [-0.4, -0.2) is 15.5 Å². The number of pyridine rings is 2. The molecule has 5 nitrogen and oxygen atoms in total. The van der Waals surface area contributed by atoms with E-state index in [4.69, 9.17) is 0 Å². The van der Waals surface area contributed by atoms with Gasteiger partial charge >= 0.3 is 0 Å². The van der Waals surface area contributed by atoms with Crippen LogP contribution in [0, 0.1) is 29.1 Å². The van der Waals surface area contributed by atoms with Crippen LogP contribution >= 0.6 is 0 Å². The van der Waals surface area contributed by atoms with Crippen LogP contribution in [0.2, 0.25) is 0 Å². The topological polar surface area (TPSA) is 81.6 Å². The quantitative estimate of drug-likeness (QED) is 0.890. The van der Waals surface area contributed by atoms with Crippen LogP contribution in [0.5, 0.6) is 0 Å². The van der Waals surface area contributed by atoms with Crippen molar-refractivity contribution in [2.45, 2.75) is 44.1 Å². The Morgan fingerprint density at radius 3 is 2.50 bits per heavy atom. The highest BCUT2D eigenvalue weighted by atomic mass is 16.1. The van der Waals surface area contributed by atoms with Crippen LogP contribution in [0.3, 0.4) is 0 Å². The Hall–Kier alpha value is -2.35. The zero-order valence-electron chi connectivity index (χ0n) is 13.5. The molecule has 4 aliphatic rings. The lowest BCUT2D eigenvalue weighted by atomic mass is 9.53. The average molecular weight is 320 g/mol. The molecular weight excluding hydrogens is 300 g/mol. The highest BCUT2D eigenvalue weighted by Gasteiger charge is 2.51. The van der Waals surface area contributed by atoms with Gasteiger partial charge in [-0.3, -0.25) is 9.78 Å². The number of hydrogen-bond acceptors (Lipinski definition) is 4. The van der Waals surface area contributed by atoms with Crippen LogP contribution < -0.4 is 10.9 Å². The first-order valence-electron chi connectivity index (χ1n) is 8.84. The van der Waals surface area contributed by atoms with E-state index in [1.54, 1.807) is 12.4 Å². The Balaban J connectivity index is 1.65. The highest BCUT2D eigenvalue weighted by Crippen LogP contribution is 2.56. The van der Waals surface area contributed by atoms with Gasteiger partial charge in [0.1, 0.15) is 11.6 Å². The summed E-state index contributed by atoms with van der Waals surface area (Å²) in [5.74, 6) is 2.43. The number of aromatic nitrogens is 2. The number of hydrogen-bond donors (Lipinski definition) is 2. The van der Waals surface area contributed by atoms with Gasteiger partial charge in [-0.25, -0.2) is 0 Å². The monoisotopic (exact) mass is 320 g/mol. The maximum Gasteiger partial charge on any atom is 0.268 e. The number of nitriles is 1. The molecule has 0 saturated heterocycles. The second-order valence-electron chi connectivity index (χ2n) is 8.06. The molecule has 122 valence electrons. The van der Waals surface area contributed by atoms with Gasteiger partial charge in [0, 0.05) is 17.1 Å². The lowest BCUT2D eigenvalue weighted by Crippen LogP contribution is -2.55. The molecule has 4 saturated carbocycles. The van der Waals surface area contributed by atoms with Gasteiger partial charge in [-0.1, -0.05) is 0 Å². The molecule has 24 heavy (non-hydrogen) atoms. The summed E-state index contributed by atoms with van der Waals surface area (Å²) in [5, 5.41) is 14.2. The SMILES string of the molecule is N#Cc1c(NC23CC4CC(CC(C4)C2)C3)c2ccncc2[nH]c1=O. The summed E-state index contributed by atoms with van der Waals surface area (Å²) in [6.07, 6.45) is 11.0. The number of fused-ring (bicyclic) bond motifs is 1. The normalized spacial score (nSPS) is 33.5. The molecule has 4 fully saturated rings. The molecule has 0 radical (unpaired) electrons. The van der Waals surface area contributed by atoms with E-state index in [1.807, 2.05) is 6.07 Å². The molecule has 6 rings (SSSR count). The van der Waals surface area contributed by atoms with E-state index in [-0.39, 0.29) is 16.7 Å². The molecule has 0 aromatic carbocycles. The van der Waals surface area contributed by atoms with Crippen molar-refractivity contribution in [3.63, 3.8) is 0 Å². The zero-order valence-corrected chi connectivity index (χ0v) is 13.5. The molecule has 0 spiro atoms. The summed E-state index contributed by atoms with van der Waals surface area (Å²) < 4.78 is 0. The molecular formula is C19H20N4O. The van der Waals surface area contributed by atoms with Crippen molar-refractivity contribution in [2.75, 3.05) is 5.32 Å². The first-order chi connectivity index (χ1) is 11.7. The number of aromatic amines is 1. The summed E-state index contributed by atoms with van der Waals surface area (Å²) in [7, 11) is 0. The fourth-order valence-corrected chi connectivity index (χ4v) is 5.91.